The summed E-state index contributed by atoms with van der Waals surface area (Å²) in [7, 11) is 0. The van der Waals surface area contributed by atoms with Gasteiger partial charge in [0.1, 0.15) is 12.9 Å². The number of carbonyl (C=O) groups is 2. The number of hydrogen-bond donors (Lipinski definition) is 2. The number of H-pyrrole nitrogens is 1. The first-order chi connectivity index (χ1) is 12.8. The van der Waals surface area contributed by atoms with Crippen LogP contribution in [0.3, 0.4) is 0 Å². The second kappa shape index (κ2) is 8.97. The van der Waals surface area contributed by atoms with Crippen LogP contribution in [0.4, 0.5) is 0 Å². The molecule has 0 spiro atoms. The number of esters is 1. The molecule has 0 bridgehead atoms. The summed E-state index contributed by atoms with van der Waals surface area (Å²) in [5, 5.41) is 4.28. The van der Waals surface area contributed by atoms with E-state index in [-0.39, 0.29) is 25.2 Å². The van der Waals surface area contributed by atoms with Crippen LogP contribution in [0.5, 0.6) is 0 Å². The predicted molar refractivity (Wildman–Crippen MR) is 101 cm³/mol. The lowest BCUT2D eigenvalue weighted by Crippen LogP contribution is -2.36. The van der Waals surface area contributed by atoms with E-state index in [1.54, 1.807) is 0 Å². The summed E-state index contributed by atoms with van der Waals surface area (Å²) < 4.78 is 5.27. The van der Waals surface area contributed by atoms with Crippen molar-refractivity contribution in [3.8, 4) is 0 Å². The fourth-order valence-electron chi connectivity index (χ4n) is 2.94. The minimum Gasteiger partial charge on any atom is -0.460 e. The molecule has 2 N–H and O–H groups in total. The van der Waals surface area contributed by atoms with E-state index in [9.17, 15) is 9.59 Å². The van der Waals surface area contributed by atoms with E-state index in [1.807, 2.05) is 60.8 Å². The van der Waals surface area contributed by atoms with Gasteiger partial charge < -0.3 is 19.8 Å². The Bertz CT molecular complexity index is 858. The summed E-state index contributed by atoms with van der Waals surface area (Å²) in [5.74, 6) is -0.330. The average molecular weight is 350 g/mol. The van der Waals surface area contributed by atoms with Crippen molar-refractivity contribution in [2.45, 2.75) is 25.5 Å². The molecule has 5 heteroatoms. The Labute approximate surface area is 152 Å². The molecule has 134 valence electrons. The first-order valence-corrected chi connectivity index (χ1v) is 8.68. The Kier molecular flexibility index (Phi) is 6.17. The van der Waals surface area contributed by atoms with Gasteiger partial charge in [0.2, 0.25) is 0 Å². The summed E-state index contributed by atoms with van der Waals surface area (Å²) in [6, 6.07) is 17.5. The molecule has 0 aliphatic heterocycles. The molecular formula is C21H22N2O3. The van der Waals surface area contributed by atoms with Crippen LogP contribution >= 0.6 is 0 Å². The number of ether oxygens (including phenoxy) is 1. The van der Waals surface area contributed by atoms with Crippen molar-refractivity contribution < 1.29 is 14.3 Å². The maximum absolute atomic E-state index is 12.0. The maximum Gasteiger partial charge on any atom is 0.320 e. The Balaban J connectivity index is 1.53. The molecule has 1 unspecified atom stereocenters. The lowest BCUT2D eigenvalue weighted by Gasteiger charge is -2.15. The van der Waals surface area contributed by atoms with Gasteiger partial charge in [0.25, 0.3) is 0 Å². The van der Waals surface area contributed by atoms with E-state index in [0.717, 1.165) is 28.3 Å². The summed E-state index contributed by atoms with van der Waals surface area (Å²) in [6.07, 6.45) is 3.83. The van der Waals surface area contributed by atoms with E-state index < -0.39 is 0 Å². The fourth-order valence-corrected chi connectivity index (χ4v) is 2.94. The number of rotatable bonds is 9. The molecule has 0 aliphatic rings. The highest BCUT2D eigenvalue weighted by molar-refractivity contribution is 5.83. The standard InChI is InChI=1S/C21H22N2O3/c24-11-10-18(12-17-13-23-20-9-5-4-8-19(17)20)22-14-21(25)26-15-16-6-2-1-3-7-16/h1-9,11,13,18,22-23H,10,12,14-15H2. The zero-order valence-electron chi connectivity index (χ0n) is 14.5. The van der Waals surface area contributed by atoms with Crippen molar-refractivity contribution in [1.82, 2.24) is 10.3 Å². The van der Waals surface area contributed by atoms with E-state index >= 15 is 0 Å². The van der Waals surface area contributed by atoms with Crippen molar-refractivity contribution in [2.75, 3.05) is 6.54 Å². The molecule has 1 heterocycles. The number of hydrogen-bond acceptors (Lipinski definition) is 4. The zero-order valence-corrected chi connectivity index (χ0v) is 14.5. The molecule has 0 saturated carbocycles. The monoisotopic (exact) mass is 350 g/mol. The molecule has 0 amide bonds. The molecule has 0 saturated heterocycles. The molecule has 0 radical (unpaired) electrons. The fraction of sp³-hybridized carbons (Fsp3) is 0.238. The van der Waals surface area contributed by atoms with Crippen molar-refractivity contribution in [3.63, 3.8) is 0 Å². The van der Waals surface area contributed by atoms with E-state index in [4.69, 9.17) is 4.74 Å². The van der Waals surface area contributed by atoms with Gasteiger partial charge >= 0.3 is 5.97 Å². The molecular weight excluding hydrogens is 328 g/mol. The van der Waals surface area contributed by atoms with Crippen LogP contribution in [0, 0.1) is 0 Å². The minimum absolute atomic E-state index is 0.0771. The zero-order chi connectivity index (χ0) is 18.2. The Hall–Kier alpha value is -2.92. The number of carbonyl (C=O) groups excluding carboxylic acids is 2. The third-order valence-electron chi connectivity index (χ3n) is 4.30. The lowest BCUT2D eigenvalue weighted by molar-refractivity contribution is -0.144. The van der Waals surface area contributed by atoms with Gasteiger partial charge in [0, 0.05) is 29.6 Å². The Morgan fingerprint density at radius 2 is 1.88 bits per heavy atom. The van der Waals surface area contributed by atoms with Crippen molar-refractivity contribution in [1.29, 1.82) is 0 Å². The van der Waals surface area contributed by atoms with Gasteiger partial charge in [-0.2, -0.15) is 0 Å². The van der Waals surface area contributed by atoms with Crippen LogP contribution < -0.4 is 5.32 Å². The topological polar surface area (TPSA) is 71.2 Å². The molecule has 1 atom stereocenters. The molecule has 3 rings (SSSR count). The minimum atomic E-state index is -0.330. The van der Waals surface area contributed by atoms with Crippen LogP contribution in [-0.2, 0) is 27.4 Å². The molecule has 3 aromatic rings. The highest BCUT2D eigenvalue weighted by Gasteiger charge is 2.14. The molecule has 1 aromatic heterocycles. The van der Waals surface area contributed by atoms with Gasteiger partial charge in [-0.05, 0) is 23.6 Å². The van der Waals surface area contributed by atoms with E-state index in [2.05, 4.69) is 10.3 Å². The van der Waals surface area contributed by atoms with Gasteiger partial charge in [-0.1, -0.05) is 48.5 Å². The van der Waals surface area contributed by atoms with Crippen LogP contribution in [0.25, 0.3) is 10.9 Å². The molecule has 0 fully saturated rings. The average Bonchev–Trinajstić information content (AvgIpc) is 3.08. The second-order valence-electron chi connectivity index (χ2n) is 6.19. The number of fused-ring (bicyclic) bond motifs is 1. The number of nitrogens with one attached hydrogen (secondary N) is 2. The van der Waals surface area contributed by atoms with Gasteiger partial charge in [-0.15, -0.1) is 0 Å². The maximum atomic E-state index is 12.0. The predicted octanol–water partition coefficient (Wildman–Crippen LogP) is 3.00. The molecule has 0 aliphatic carbocycles. The van der Waals surface area contributed by atoms with E-state index in [1.165, 1.54) is 0 Å². The van der Waals surface area contributed by atoms with Crippen LogP contribution in [0.1, 0.15) is 17.5 Å². The van der Waals surface area contributed by atoms with Crippen LogP contribution in [0.2, 0.25) is 0 Å². The van der Waals surface area contributed by atoms with Crippen LogP contribution in [-0.4, -0.2) is 29.8 Å². The quantitative estimate of drug-likeness (QED) is 0.460. The molecule has 2 aromatic carbocycles. The van der Waals surface area contributed by atoms with Gasteiger partial charge in [0.05, 0.1) is 6.54 Å². The van der Waals surface area contributed by atoms with Gasteiger partial charge in [-0.3, -0.25) is 4.79 Å². The van der Waals surface area contributed by atoms with E-state index in [0.29, 0.717) is 12.8 Å². The molecule has 26 heavy (non-hydrogen) atoms. The smallest absolute Gasteiger partial charge is 0.320 e. The number of aromatic nitrogens is 1. The van der Waals surface area contributed by atoms with Crippen LogP contribution in [0.15, 0.2) is 60.8 Å². The van der Waals surface area contributed by atoms with Crippen molar-refractivity contribution in [3.05, 3.63) is 71.9 Å². The largest absolute Gasteiger partial charge is 0.460 e. The number of aromatic amines is 1. The summed E-state index contributed by atoms with van der Waals surface area (Å²) in [5.41, 5.74) is 3.14. The number of aldehydes is 1. The normalized spacial score (nSPS) is 12.0. The first-order valence-electron chi connectivity index (χ1n) is 8.68. The number of benzene rings is 2. The van der Waals surface area contributed by atoms with Crippen molar-refractivity contribution in [2.24, 2.45) is 0 Å². The SMILES string of the molecule is O=CCC(Cc1c[nH]c2ccccc12)NCC(=O)OCc1ccccc1. The molecule has 5 nitrogen and oxygen atoms in total. The lowest BCUT2D eigenvalue weighted by atomic mass is 10.0. The summed E-state index contributed by atoms with van der Waals surface area (Å²) in [4.78, 5) is 26.2. The highest BCUT2D eigenvalue weighted by Crippen LogP contribution is 2.19. The van der Waals surface area contributed by atoms with Crippen molar-refractivity contribution >= 4 is 23.2 Å². The second-order valence-corrected chi connectivity index (χ2v) is 6.19. The first kappa shape index (κ1) is 17.9. The van der Waals surface area contributed by atoms with Gasteiger partial charge in [-0.25, -0.2) is 0 Å². The highest BCUT2D eigenvalue weighted by atomic mass is 16.5. The number of para-hydroxylation sites is 1. The third-order valence-corrected chi connectivity index (χ3v) is 4.30. The summed E-state index contributed by atoms with van der Waals surface area (Å²) >= 11 is 0. The Morgan fingerprint density at radius 1 is 1.12 bits per heavy atom. The third kappa shape index (κ3) is 4.80. The summed E-state index contributed by atoms with van der Waals surface area (Å²) in [6.45, 7) is 0.329. The Morgan fingerprint density at radius 3 is 2.69 bits per heavy atom. The van der Waals surface area contributed by atoms with Gasteiger partial charge in [0.15, 0.2) is 0 Å².